The summed E-state index contributed by atoms with van der Waals surface area (Å²) in [6.45, 7) is 6.08. The van der Waals surface area contributed by atoms with Crippen LogP contribution in [0.3, 0.4) is 0 Å². The number of hydrogen-bond acceptors (Lipinski definition) is 4. The summed E-state index contributed by atoms with van der Waals surface area (Å²) in [6, 6.07) is 6.33. The molecule has 0 unspecified atom stereocenters. The SMILES string of the molecule is C/C=C/COC(=O)C1=C(C)NC(=O)N[C@@H]1c1ccccc1OCC. The Bertz CT molecular complexity index is 679. The standard InChI is InChI=1S/C18H22N2O4/c1-4-6-11-24-17(21)15-12(3)19-18(22)20-16(15)13-9-7-8-10-14(13)23-5-2/h4,6-10,16H,5,11H2,1-3H3,(H2,19,20,22)/b6-4+/t16-/m1/s1. The molecule has 1 aliphatic rings. The average molecular weight is 330 g/mol. The molecule has 6 heteroatoms. The minimum absolute atomic E-state index is 0.180. The van der Waals surface area contributed by atoms with E-state index in [1.807, 2.05) is 38.1 Å². The summed E-state index contributed by atoms with van der Waals surface area (Å²) < 4.78 is 10.9. The molecule has 1 aromatic carbocycles. The highest BCUT2D eigenvalue weighted by molar-refractivity contribution is 5.95. The average Bonchev–Trinajstić information content (AvgIpc) is 2.55. The van der Waals surface area contributed by atoms with Gasteiger partial charge in [-0.1, -0.05) is 30.4 Å². The fourth-order valence-corrected chi connectivity index (χ4v) is 2.50. The maximum absolute atomic E-state index is 12.5. The lowest BCUT2D eigenvalue weighted by atomic mass is 9.95. The van der Waals surface area contributed by atoms with Crippen molar-refractivity contribution in [2.75, 3.05) is 13.2 Å². The number of nitrogens with one attached hydrogen (secondary N) is 2. The van der Waals surface area contributed by atoms with Crippen molar-refractivity contribution < 1.29 is 19.1 Å². The van der Waals surface area contributed by atoms with Crippen molar-refractivity contribution in [2.24, 2.45) is 0 Å². The van der Waals surface area contributed by atoms with E-state index in [1.54, 1.807) is 19.1 Å². The Kier molecular flexibility index (Phi) is 6.01. The van der Waals surface area contributed by atoms with Gasteiger partial charge in [0.15, 0.2) is 0 Å². The van der Waals surface area contributed by atoms with Gasteiger partial charge in [-0.15, -0.1) is 0 Å². The van der Waals surface area contributed by atoms with Crippen molar-refractivity contribution in [3.63, 3.8) is 0 Å². The Morgan fingerprint density at radius 3 is 2.79 bits per heavy atom. The van der Waals surface area contributed by atoms with Gasteiger partial charge in [0.05, 0.1) is 18.2 Å². The third kappa shape index (κ3) is 3.95. The molecule has 24 heavy (non-hydrogen) atoms. The molecule has 0 bridgehead atoms. The minimum atomic E-state index is -0.625. The second kappa shape index (κ2) is 8.19. The third-order valence-corrected chi connectivity index (χ3v) is 3.57. The molecule has 2 rings (SSSR count). The van der Waals surface area contributed by atoms with Crippen LogP contribution in [0.15, 0.2) is 47.7 Å². The summed E-state index contributed by atoms with van der Waals surface area (Å²) >= 11 is 0. The fraction of sp³-hybridized carbons (Fsp3) is 0.333. The maximum atomic E-state index is 12.5. The fourth-order valence-electron chi connectivity index (χ4n) is 2.50. The number of allylic oxidation sites excluding steroid dienone is 2. The van der Waals surface area contributed by atoms with E-state index in [-0.39, 0.29) is 12.6 Å². The van der Waals surface area contributed by atoms with Gasteiger partial charge in [0.2, 0.25) is 0 Å². The van der Waals surface area contributed by atoms with Gasteiger partial charge in [0.1, 0.15) is 12.4 Å². The van der Waals surface area contributed by atoms with E-state index in [9.17, 15) is 9.59 Å². The van der Waals surface area contributed by atoms with E-state index >= 15 is 0 Å². The predicted octanol–water partition coefficient (Wildman–Crippen LogP) is 2.83. The molecule has 1 heterocycles. The van der Waals surface area contributed by atoms with E-state index in [1.165, 1.54) is 0 Å². The van der Waals surface area contributed by atoms with E-state index in [4.69, 9.17) is 9.47 Å². The number of urea groups is 1. The summed E-state index contributed by atoms with van der Waals surface area (Å²) in [5, 5.41) is 5.40. The van der Waals surface area contributed by atoms with E-state index in [2.05, 4.69) is 10.6 Å². The number of ether oxygens (including phenoxy) is 2. The summed E-state index contributed by atoms with van der Waals surface area (Å²) in [5.41, 5.74) is 1.55. The van der Waals surface area contributed by atoms with Crippen molar-refractivity contribution in [2.45, 2.75) is 26.8 Å². The molecule has 0 saturated heterocycles. The number of esters is 1. The Morgan fingerprint density at radius 2 is 2.08 bits per heavy atom. The molecule has 0 spiro atoms. The van der Waals surface area contributed by atoms with Crippen LogP contribution in [-0.2, 0) is 9.53 Å². The van der Waals surface area contributed by atoms with E-state index in [0.717, 1.165) is 0 Å². The molecule has 1 atom stereocenters. The molecule has 0 saturated carbocycles. The van der Waals surface area contributed by atoms with Gasteiger partial charge in [0.25, 0.3) is 0 Å². The Balaban J connectivity index is 2.40. The zero-order chi connectivity index (χ0) is 17.5. The Hall–Kier alpha value is -2.76. The number of para-hydroxylation sites is 1. The summed E-state index contributed by atoms with van der Waals surface area (Å²) in [4.78, 5) is 24.4. The molecule has 6 nitrogen and oxygen atoms in total. The number of hydrogen-bond donors (Lipinski definition) is 2. The quantitative estimate of drug-likeness (QED) is 0.621. The molecule has 1 aromatic rings. The molecule has 0 fully saturated rings. The van der Waals surface area contributed by atoms with Crippen LogP contribution in [0.5, 0.6) is 5.75 Å². The molecule has 2 amide bonds. The van der Waals surface area contributed by atoms with Crippen molar-refractivity contribution in [3.8, 4) is 5.75 Å². The first-order valence-corrected chi connectivity index (χ1v) is 7.86. The summed E-state index contributed by atoms with van der Waals surface area (Å²) in [7, 11) is 0. The van der Waals surface area contributed by atoms with Crippen molar-refractivity contribution in [1.82, 2.24) is 10.6 Å². The van der Waals surface area contributed by atoms with Gasteiger partial charge >= 0.3 is 12.0 Å². The molecule has 1 aliphatic heterocycles. The molecule has 0 radical (unpaired) electrons. The Labute approximate surface area is 141 Å². The minimum Gasteiger partial charge on any atom is -0.494 e. The molecular formula is C18H22N2O4. The Morgan fingerprint density at radius 1 is 1.33 bits per heavy atom. The van der Waals surface area contributed by atoms with Crippen molar-refractivity contribution >= 4 is 12.0 Å². The topological polar surface area (TPSA) is 76.7 Å². The van der Waals surface area contributed by atoms with Crippen LogP contribution < -0.4 is 15.4 Å². The lowest BCUT2D eigenvalue weighted by molar-refractivity contribution is -0.138. The first-order chi connectivity index (χ1) is 11.6. The van der Waals surface area contributed by atoms with E-state index < -0.39 is 12.0 Å². The van der Waals surface area contributed by atoms with E-state index in [0.29, 0.717) is 29.2 Å². The molecule has 2 N–H and O–H groups in total. The molecule has 0 aliphatic carbocycles. The molecule has 0 aromatic heterocycles. The van der Waals surface area contributed by atoms with Crippen LogP contribution in [0.25, 0.3) is 0 Å². The number of carbonyl (C=O) groups excluding carboxylic acids is 2. The number of rotatable bonds is 6. The van der Waals surface area contributed by atoms with Gasteiger partial charge in [-0.05, 0) is 26.8 Å². The van der Waals surface area contributed by atoms with Crippen molar-refractivity contribution in [1.29, 1.82) is 0 Å². The smallest absolute Gasteiger partial charge is 0.338 e. The predicted molar refractivity (Wildman–Crippen MR) is 90.5 cm³/mol. The van der Waals surface area contributed by atoms with Gasteiger partial charge in [-0.25, -0.2) is 9.59 Å². The van der Waals surface area contributed by atoms with Gasteiger partial charge < -0.3 is 20.1 Å². The van der Waals surface area contributed by atoms with Crippen molar-refractivity contribution in [3.05, 3.63) is 53.3 Å². The highest BCUT2D eigenvalue weighted by atomic mass is 16.5. The second-order valence-electron chi connectivity index (χ2n) is 5.21. The zero-order valence-electron chi connectivity index (χ0n) is 14.1. The van der Waals surface area contributed by atoms with Crippen LogP contribution in [-0.4, -0.2) is 25.2 Å². The van der Waals surface area contributed by atoms with Crippen LogP contribution in [0, 0.1) is 0 Å². The highest BCUT2D eigenvalue weighted by Gasteiger charge is 2.33. The molecular weight excluding hydrogens is 308 g/mol. The lowest BCUT2D eigenvalue weighted by Crippen LogP contribution is -2.45. The highest BCUT2D eigenvalue weighted by Crippen LogP contribution is 2.33. The normalized spacial score (nSPS) is 17.5. The summed E-state index contributed by atoms with van der Waals surface area (Å²) in [6.07, 6.45) is 3.54. The summed E-state index contributed by atoms with van der Waals surface area (Å²) in [5.74, 6) is 0.146. The van der Waals surface area contributed by atoms with Crippen LogP contribution in [0.4, 0.5) is 4.79 Å². The second-order valence-corrected chi connectivity index (χ2v) is 5.21. The number of carbonyl (C=O) groups is 2. The van der Waals surface area contributed by atoms with Gasteiger partial charge in [-0.2, -0.15) is 0 Å². The van der Waals surface area contributed by atoms with Crippen LogP contribution >= 0.6 is 0 Å². The first kappa shape index (κ1) is 17.6. The van der Waals surface area contributed by atoms with Gasteiger partial charge in [-0.3, -0.25) is 0 Å². The number of benzene rings is 1. The largest absolute Gasteiger partial charge is 0.494 e. The first-order valence-electron chi connectivity index (χ1n) is 7.86. The van der Waals surface area contributed by atoms with Gasteiger partial charge in [0, 0.05) is 11.3 Å². The van der Waals surface area contributed by atoms with Crippen LogP contribution in [0.2, 0.25) is 0 Å². The zero-order valence-corrected chi connectivity index (χ0v) is 14.1. The maximum Gasteiger partial charge on any atom is 0.338 e. The molecule has 128 valence electrons. The lowest BCUT2D eigenvalue weighted by Gasteiger charge is -2.29. The number of amides is 2. The third-order valence-electron chi connectivity index (χ3n) is 3.57. The monoisotopic (exact) mass is 330 g/mol. The van der Waals surface area contributed by atoms with Crippen LogP contribution in [0.1, 0.15) is 32.4 Å².